The maximum atomic E-state index is 10.9. The molecule has 0 aromatic carbocycles. The highest BCUT2D eigenvalue weighted by Gasteiger charge is 2.08. The van der Waals surface area contributed by atoms with E-state index in [2.05, 4.69) is 32.7 Å². The van der Waals surface area contributed by atoms with E-state index in [1.165, 1.54) is 0 Å². The van der Waals surface area contributed by atoms with Crippen molar-refractivity contribution in [1.82, 2.24) is 9.88 Å². The van der Waals surface area contributed by atoms with Crippen LogP contribution in [0, 0.1) is 0 Å². The predicted octanol–water partition coefficient (Wildman–Crippen LogP) is 1.79. The fraction of sp³-hybridized carbons (Fsp3) is 0.462. The van der Waals surface area contributed by atoms with E-state index in [0.717, 1.165) is 18.7 Å². The van der Waals surface area contributed by atoms with Crippen molar-refractivity contribution in [2.45, 2.75) is 32.9 Å². The highest BCUT2D eigenvalue weighted by Crippen LogP contribution is 2.01. The maximum Gasteiger partial charge on any atom is 0.181 e. The second-order valence-electron chi connectivity index (χ2n) is 5.06. The topological polar surface area (TPSA) is 34.0 Å². The molecule has 1 aromatic heterocycles. The summed E-state index contributed by atoms with van der Waals surface area (Å²) in [5.74, 6) is 0. The van der Waals surface area contributed by atoms with Crippen LogP contribution in [0.25, 0.3) is 0 Å². The molecule has 0 aliphatic carbocycles. The third kappa shape index (κ3) is 4.94. The third-order valence-corrected chi connectivity index (χ3v) is 2.14. The van der Waals surface area contributed by atoms with Crippen LogP contribution in [0.2, 0.25) is 0 Å². The molecule has 0 aliphatic rings. The van der Waals surface area contributed by atoms with Crippen LogP contribution in [-0.4, -0.2) is 16.7 Å². The van der Waals surface area contributed by atoms with E-state index in [0.29, 0.717) is 0 Å². The Morgan fingerprint density at radius 1 is 1.38 bits per heavy atom. The van der Waals surface area contributed by atoms with E-state index in [1.807, 2.05) is 4.57 Å². The zero-order chi connectivity index (χ0) is 12.2. The summed E-state index contributed by atoms with van der Waals surface area (Å²) in [6.07, 6.45) is 3.56. The first-order chi connectivity index (χ1) is 7.37. The number of hydrogen-bond acceptors (Lipinski definition) is 2. The monoisotopic (exact) mass is 220 g/mol. The van der Waals surface area contributed by atoms with Gasteiger partial charge in [0.1, 0.15) is 0 Å². The van der Waals surface area contributed by atoms with Gasteiger partial charge in [-0.3, -0.25) is 4.79 Å². The van der Waals surface area contributed by atoms with E-state index < -0.39 is 0 Å². The molecule has 1 aromatic rings. The third-order valence-electron chi connectivity index (χ3n) is 2.14. The van der Waals surface area contributed by atoms with Gasteiger partial charge in [0, 0.05) is 43.2 Å². The average Bonchev–Trinajstić information content (AvgIpc) is 2.18. The summed E-state index contributed by atoms with van der Waals surface area (Å²) in [5, 5.41) is 3.38. The molecule has 0 amide bonds. The van der Waals surface area contributed by atoms with Gasteiger partial charge in [-0.25, -0.2) is 0 Å². The standard InChI is InChI=1S/C13H20N2O/c1-11(9-14-13(2,3)4)10-15-7-5-12(16)6-8-15/h5-8,14H,1,9-10H2,2-4H3. The van der Waals surface area contributed by atoms with Crippen LogP contribution in [0.3, 0.4) is 0 Å². The molecule has 16 heavy (non-hydrogen) atoms. The van der Waals surface area contributed by atoms with Gasteiger partial charge in [0.15, 0.2) is 5.43 Å². The van der Waals surface area contributed by atoms with Gasteiger partial charge in [0.05, 0.1) is 0 Å². The van der Waals surface area contributed by atoms with Crippen LogP contribution in [0.4, 0.5) is 0 Å². The number of nitrogens with one attached hydrogen (secondary N) is 1. The Labute approximate surface area is 96.8 Å². The van der Waals surface area contributed by atoms with E-state index in [1.54, 1.807) is 24.5 Å². The molecule has 0 spiro atoms. The van der Waals surface area contributed by atoms with Crippen molar-refractivity contribution in [3.63, 3.8) is 0 Å². The van der Waals surface area contributed by atoms with Crippen molar-refractivity contribution in [2.24, 2.45) is 0 Å². The Morgan fingerprint density at radius 2 is 1.94 bits per heavy atom. The minimum atomic E-state index is 0.0367. The molecule has 88 valence electrons. The largest absolute Gasteiger partial charge is 0.350 e. The molecule has 0 saturated carbocycles. The highest BCUT2D eigenvalue weighted by molar-refractivity contribution is 5.02. The Balaban J connectivity index is 2.46. The lowest BCUT2D eigenvalue weighted by Gasteiger charge is -2.21. The average molecular weight is 220 g/mol. The second kappa shape index (κ2) is 5.12. The molecule has 1 heterocycles. The summed E-state index contributed by atoms with van der Waals surface area (Å²) in [6.45, 7) is 11.9. The molecule has 3 nitrogen and oxygen atoms in total. The Kier molecular flexibility index (Phi) is 4.07. The summed E-state index contributed by atoms with van der Waals surface area (Å²) in [6, 6.07) is 3.12. The Morgan fingerprint density at radius 3 is 2.44 bits per heavy atom. The van der Waals surface area contributed by atoms with Gasteiger partial charge in [0.25, 0.3) is 0 Å². The molecule has 0 fully saturated rings. The van der Waals surface area contributed by atoms with Crippen LogP contribution in [0.5, 0.6) is 0 Å². The molecule has 0 bridgehead atoms. The molecule has 0 saturated heterocycles. The molecular weight excluding hydrogens is 200 g/mol. The maximum absolute atomic E-state index is 10.9. The van der Waals surface area contributed by atoms with Crippen molar-refractivity contribution < 1.29 is 0 Å². The fourth-order valence-corrected chi connectivity index (χ4v) is 1.25. The van der Waals surface area contributed by atoms with Gasteiger partial charge >= 0.3 is 0 Å². The highest BCUT2D eigenvalue weighted by atomic mass is 16.1. The number of hydrogen-bond donors (Lipinski definition) is 1. The van der Waals surface area contributed by atoms with Crippen molar-refractivity contribution in [3.05, 3.63) is 46.9 Å². The normalized spacial score (nSPS) is 11.4. The number of nitrogens with zero attached hydrogens (tertiary/aromatic N) is 1. The molecule has 1 rings (SSSR count). The van der Waals surface area contributed by atoms with Crippen molar-refractivity contribution in [2.75, 3.05) is 6.54 Å². The number of rotatable bonds is 4. The minimum absolute atomic E-state index is 0.0367. The lowest BCUT2D eigenvalue weighted by Crippen LogP contribution is -2.37. The van der Waals surface area contributed by atoms with Crippen molar-refractivity contribution in [3.8, 4) is 0 Å². The van der Waals surface area contributed by atoms with Crippen molar-refractivity contribution in [1.29, 1.82) is 0 Å². The zero-order valence-electron chi connectivity index (χ0n) is 10.3. The summed E-state index contributed by atoms with van der Waals surface area (Å²) >= 11 is 0. The van der Waals surface area contributed by atoms with Gasteiger partial charge in [-0.15, -0.1) is 0 Å². The smallest absolute Gasteiger partial charge is 0.181 e. The van der Waals surface area contributed by atoms with E-state index in [4.69, 9.17) is 0 Å². The van der Waals surface area contributed by atoms with Crippen molar-refractivity contribution >= 4 is 0 Å². The summed E-state index contributed by atoms with van der Waals surface area (Å²) in [4.78, 5) is 10.9. The lowest BCUT2D eigenvalue weighted by atomic mass is 10.1. The summed E-state index contributed by atoms with van der Waals surface area (Å²) in [7, 11) is 0. The van der Waals surface area contributed by atoms with Gasteiger partial charge < -0.3 is 9.88 Å². The second-order valence-corrected chi connectivity index (χ2v) is 5.06. The van der Waals surface area contributed by atoms with Gasteiger partial charge in [-0.2, -0.15) is 0 Å². The summed E-state index contributed by atoms with van der Waals surface area (Å²) in [5.41, 5.74) is 1.24. The minimum Gasteiger partial charge on any atom is -0.350 e. The van der Waals surface area contributed by atoms with Crippen LogP contribution >= 0.6 is 0 Å². The fourth-order valence-electron chi connectivity index (χ4n) is 1.25. The predicted molar refractivity (Wildman–Crippen MR) is 67.6 cm³/mol. The van der Waals surface area contributed by atoms with Crippen LogP contribution in [-0.2, 0) is 6.54 Å². The number of pyridine rings is 1. The number of aromatic nitrogens is 1. The molecule has 0 unspecified atom stereocenters. The first-order valence-corrected chi connectivity index (χ1v) is 5.44. The van der Waals surface area contributed by atoms with E-state index in [-0.39, 0.29) is 11.0 Å². The van der Waals surface area contributed by atoms with Gasteiger partial charge in [0.2, 0.25) is 0 Å². The molecule has 0 atom stereocenters. The molecule has 0 radical (unpaired) electrons. The quantitative estimate of drug-likeness (QED) is 0.785. The molecule has 3 heteroatoms. The van der Waals surface area contributed by atoms with E-state index >= 15 is 0 Å². The van der Waals surface area contributed by atoms with Crippen LogP contribution < -0.4 is 10.7 Å². The van der Waals surface area contributed by atoms with Gasteiger partial charge in [-0.05, 0) is 26.3 Å². The van der Waals surface area contributed by atoms with Gasteiger partial charge in [-0.1, -0.05) is 6.58 Å². The molecule has 0 aliphatic heterocycles. The first-order valence-electron chi connectivity index (χ1n) is 5.44. The zero-order valence-corrected chi connectivity index (χ0v) is 10.3. The van der Waals surface area contributed by atoms with Crippen LogP contribution in [0.15, 0.2) is 41.5 Å². The Hall–Kier alpha value is -1.35. The first kappa shape index (κ1) is 12.7. The van der Waals surface area contributed by atoms with Crippen LogP contribution in [0.1, 0.15) is 20.8 Å². The SMILES string of the molecule is C=C(CNC(C)(C)C)Cn1ccc(=O)cc1. The Bertz CT molecular complexity index is 392. The molecular formula is C13H20N2O. The van der Waals surface area contributed by atoms with E-state index in [9.17, 15) is 4.79 Å². The molecule has 1 N–H and O–H groups in total. The lowest BCUT2D eigenvalue weighted by molar-refractivity contribution is 0.440. The summed E-state index contributed by atoms with van der Waals surface area (Å²) < 4.78 is 1.95.